The minimum absolute atomic E-state index is 0.181. The highest BCUT2D eigenvalue weighted by Crippen LogP contribution is 2.26. The molecule has 2 atom stereocenters. The Kier molecular flexibility index (Phi) is 4.55. The van der Waals surface area contributed by atoms with Gasteiger partial charge in [-0.25, -0.2) is 4.39 Å². The maximum Gasteiger partial charge on any atom is 0.123 e. The minimum Gasteiger partial charge on any atom is -0.326 e. The van der Waals surface area contributed by atoms with Crippen LogP contribution in [-0.2, 0) is 6.42 Å². The van der Waals surface area contributed by atoms with E-state index in [2.05, 4.69) is 0 Å². The number of thioether (sulfide) groups is 2. The first-order valence-electron chi connectivity index (χ1n) is 5.45. The zero-order chi connectivity index (χ0) is 11.4. The molecule has 2 N–H and O–H groups in total. The number of rotatable bonds is 3. The predicted molar refractivity (Wildman–Crippen MR) is 71.7 cm³/mol. The van der Waals surface area contributed by atoms with Crippen molar-refractivity contribution in [1.82, 2.24) is 0 Å². The molecule has 4 heteroatoms. The van der Waals surface area contributed by atoms with Crippen molar-refractivity contribution in [2.75, 3.05) is 17.3 Å². The lowest BCUT2D eigenvalue weighted by atomic mass is 10.0. The van der Waals surface area contributed by atoms with E-state index in [0.29, 0.717) is 5.25 Å². The molecule has 1 heterocycles. The first-order chi connectivity index (χ1) is 7.75. The number of halogens is 1. The van der Waals surface area contributed by atoms with Gasteiger partial charge in [0.05, 0.1) is 0 Å². The minimum atomic E-state index is -0.181. The average Bonchev–Trinajstić information content (AvgIpc) is 2.33. The Morgan fingerprint density at radius 3 is 2.69 bits per heavy atom. The highest BCUT2D eigenvalue weighted by molar-refractivity contribution is 8.06. The molecule has 0 radical (unpaired) electrons. The summed E-state index contributed by atoms with van der Waals surface area (Å²) >= 11 is 3.96. The van der Waals surface area contributed by atoms with Crippen molar-refractivity contribution in [3.8, 4) is 0 Å². The molecule has 0 amide bonds. The fourth-order valence-electron chi connectivity index (χ4n) is 1.78. The summed E-state index contributed by atoms with van der Waals surface area (Å²) in [6, 6.07) is 6.85. The molecule has 1 aliphatic rings. The van der Waals surface area contributed by atoms with E-state index in [1.807, 2.05) is 35.7 Å². The zero-order valence-corrected chi connectivity index (χ0v) is 10.7. The fraction of sp³-hybridized carbons (Fsp3) is 0.500. The number of nitrogens with two attached hydrogens (primary N) is 1. The van der Waals surface area contributed by atoms with Gasteiger partial charge in [0, 0.05) is 28.6 Å². The van der Waals surface area contributed by atoms with E-state index >= 15 is 0 Å². The summed E-state index contributed by atoms with van der Waals surface area (Å²) in [5.41, 5.74) is 7.32. The second kappa shape index (κ2) is 5.94. The molecule has 0 aliphatic carbocycles. The number of benzene rings is 1. The van der Waals surface area contributed by atoms with Gasteiger partial charge in [-0.3, -0.25) is 0 Å². The first kappa shape index (κ1) is 12.3. The van der Waals surface area contributed by atoms with Crippen LogP contribution in [0.2, 0.25) is 0 Å². The highest BCUT2D eigenvalue weighted by atomic mass is 32.2. The van der Waals surface area contributed by atoms with Gasteiger partial charge in [0.25, 0.3) is 0 Å². The van der Waals surface area contributed by atoms with E-state index in [0.717, 1.165) is 17.7 Å². The molecule has 0 aromatic heterocycles. The Balaban J connectivity index is 1.90. The van der Waals surface area contributed by atoms with Crippen LogP contribution in [0.15, 0.2) is 24.3 Å². The molecule has 0 spiro atoms. The average molecular weight is 257 g/mol. The zero-order valence-electron chi connectivity index (χ0n) is 9.06. The predicted octanol–water partition coefficient (Wildman–Crippen LogP) is 2.54. The highest BCUT2D eigenvalue weighted by Gasteiger charge is 2.21. The molecule has 1 aromatic rings. The Hall–Kier alpha value is -0.190. The van der Waals surface area contributed by atoms with E-state index in [-0.39, 0.29) is 11.9 Å². The van der Waals surface area contributed by atoms with Gasteiger partial charge < -0.3 is 5.73 Å². The van der Waals surface area contributed by atoms with Crippen molar-refractivity contribution >= 4 is 23.5 Å². The topological polar surface area (TPSA) is 26.0 Å². The van der Waals surface area contributed by atoms with Gasteiger partial charge in [0.2, 0.25) is 0 Å². The van der Waals surface area contributed by atoms with Crippen molar-refractivity contribution < 1.29 is 4.39 Å². The molecule has 88 valence electrons. The molecule has 0 saturated carbocycles. The molecule has 1 saturated heterocycles. The maximum atomic E-state index is 12.7. The van der Waals surface area contributed by atoms with Crippen LogP contribution in [0.3, 0.4) is 0 Å². The van der Waals surface area contributed by atoms with E-state index < -0.39 is 0 Å². The summed E-state index contributed by atoms with van der Waals surface area (Å²) in [7, 11) is 0. The smallest absolute Gasteiger partial charge is 0.123 e. The molecule has 2 unspecified atom stereocenters. The maximum absolute atomic E-state index is 12.7. The molecule has 1 nitrogen and oxygen atoms in total. The lowest BCUT2D eigenvalue weighted by Gasteiger charge is -2.26. The van der Waals surface area contributed by atoms with Crippen LogP contribution in [0, 0.1) is 5.82 Å². The standard InChI is InChI=1S/C12H16FNS2/c13-10-3-1-9(2-4-10)7-11(14)12-8-15-5-6-16-12/h1-4,11-12H,5-8,14H2. The normalized spacial score (nSPS) is 23.0. The van der Waals surface area contributed by atoms with Gasteiger partial charge >= 0.3 is 0 Å². The van der Waals surface area contributed by atoms with E-state index in [4.69, 9.17) is 5.73 Å². The van der Waals surface area contributed by atoms with Crippen LogP contribution in [0.25, 0.3) is 0 Å². The van der Waals surface area contributed by atoms with E-state index in [1.165, 1.54) is 23.6 Å². The van der Waals surface area contributed by atoms with Crippen LogP contribution in [0.5, 0.6) is 0 Å². The lowest BCUT2D eigenvalue weighted by molar-refractivity contribution is 0.623. The third-order valence-electron chi connectivity index (χ3n) is 2.70. The van der Waals surface area contributed by atoms with Crippen molar-refractivity contribution in [2.45, 2.75) is 17.7 Å². The SMILES string of the molecule is NC(Cc1ccc(F)cc1)C1CSCCS1. The quantitative estimate of drug-likeness (QED) is 0.901. The lowest BCUT2D eigenvalue weighted by Crippen LogP contribution is -2.38. The van der Waals surface area contributed by atoms with Gasteiger partial charge in [-0.15, -0.1) is 0 Å². The Morgan fingerprint density at radius 2 is 2.06 bits per heavy atom. The summed E-state index contributed by atoms with van der Waals surface area (Å²) in [4.78, 5) is 0. The third-order valence-corrected chi connectivity index (χ3v) is 5.65. The van der Waals surface area contributed by atoms with Gasteiger partial charge in [-0.1, -0.05) is 12.1 Å². The van der Waals surface area contributed by atoms with Crippen molar-refractivity contribution in [3.63, 3.8) is 0 Å². The summed E-state index contributed by atoms with van der Waals surface area (Å²) in [6.45, 7) is 0. The molecule has 0 bridgehead atoms. The number of hydrogen-bond acceptors (Lipinski definition) is 3. The molecular weight excluding hydrogens is 241 g/mol. The van der Waals surface area contributed by atoms with E-state index in [9.17, 15) is 4.39 Å². The summed E-state index contributed by atoms with van der Waals surface area (Å²) in [6.07, 6.45) is 0.846. The van der Waals surface area contributed by atoms with Gasteiger partial charge in [-0.05, 0) is 24.1 Å². The Morgan fingerprint density at radius 1 is 1.31 bits per heavy atom. The summed E-state index contributed by atoms with van der Waals surface area (Å²) < 4.78 is 12.7. The molecule has 1 aromatic carbocycles. The van der Waals surface area contributed by atoms with Crippen LogP contribution in [0.4, 0.5) is 4.39 Å². The number of hydrogen-bond donors (Lipinski definition) is 1. The summed E-state index contributed by atoms with van der Waals surface area (Å²) in [5, 5.41) is 0.545. The van der Waals surface area contributed by atoms with Crippen molar-refractivity contribution in [1.29, 1.82) is 0 Å². The summed E-state index contributed by atoms with van der Waals surface area (Å²) in [5.74, 6) is 3.41. The van der Waals surface area contributed by atoms with Crippen LogP contribution in [0.1, 0.15) is 5.56 Å². The van der Waals surface area contributed by atoms with Gasteiger partial charge in [0.1, 0.15) is 5.82 Å². The van der Waals surface area contributed by atoms with Crippen LogP contribution < -0.4 is 5.73 Å². The van der Waals surface area contributed by atoms with E-state index in [1.54, 1.807) is 0 Å². The molecule has 1 fully saturated rings. The Bertz CT molecular complexity index is 322. The van der Waals surface area contributed by atoms with Crippen LogP contribution in [-0.4, -0.2) is 28.6 Å². The van der Waals surface area contributed by atoms with Gasteiger partial charge in [0.15, 0.2) is 0 Å². The Labute approximate surface area is 104 Å². The monoisotopic (exact) mass is 257 g/mol. The van der Waals surface area contributed by atoms with Crippen molar-refractivity contribution in [2.24, 2.45) is 5.73 Å². The molecule has 2 rings (SSSR count). The molecule has 1 aliphatic heterocycles. The largest absolute Gasteiger partial charge is 0.326 e. The fourth-order valence-corrected chi connectivity index (χ4v) is 4.60. The van der Waals surface area contributed by atoms with Gasteiger partial charge in [-0.2, -0.15) is 23.5 Å². The van der Waals surface area contributed by atoms with Crippen LogP contribution >= 0.6 is 23.5 Å². The third kappa shape index (κ3) is 3.40. The second-order valence-corrected chi connectivity index (χ2v) is 6.48. The molecular formula is C12H16FNS2. The molecule has 16 heavy (non-hydrogen) atoms. The van der Waals surface area contributed by atoms with Crippen molar-refractivity contribution in [3.05, 3.63) is 35.6 Å². The first-order valence-corrected chi connectivity index (χ1v) is 7.65. The second-order valence-electron chi connectivity index (χ2n) is 3.98.